The van der Waals surface area contributed by atoms with Gasteiger partial charge in [-0.2, -0.15) is 0 Å². The van der Waals surface area contributed by atoms with Gasteiger partial charge >= 0.3 is 51.4 Å². The second kappa shape index (κ2) is 22.0. The molecule has 7 heteroatoms. The van der Waals surface area contributed by atoms with Gasteiger partial charge in [0.25, 0.3) is 0 Å². The quantitative estimate of drug-likeness (QED) is 0.0354. The average Bonchev–Trinajstić information content (AvgIpc) is 3.86. The molecule has 0 amide bonds. The molecule has 0 unspecified atom stereocenters. The first kappa shape index (κ1) is 49.5. The fourth-order valence-corrected chi connectivity index (χ4v) is 11.1. The molecule has 0 spiro atoms. The van der Waals surface area contributed by atoms with Crippen molar-refractivity contribution in [2.75, 3.05) is 6.26 Å². The molecule has 0 radical (unpaired) electrons. The molecule has 0 fully saturated rings. The van der Waals surface area contributed by atoms with Crippen molar-refractivity contribution in [2.45, 2.75) is 104 Å². The third-order valence-electron chi connectivity index (χ3n) is 12.3. The maximum absolute atomic E-state index is 9.62. The first-order chi connectivity index (χ1) is 29.7. The Morgan fingerprint density at radius 2 is 1.41 bits per heavy atom. The van der Waals surface area contributed by atoms with Gasteiger partial charge in [0, 0.05) is 42.8 Å². The minimum Gasteiger partial charge on any atom is -0.455 e. The summed E-state index contributed by atoms with van der Waals surface area (Å²) in [7, 11) is 0. The molecular weight excluding hydrogens is 852 g/mol. The third-order valence-corrected chi connectivity index (χ3v) is 14.3. The fourth-order valence-electron chi connectivity index (χ4n) is 9.11. The van der Waals surface area contributed by atoms with E-state index in [2.05, 4.69) is 167 Å². The zero-order chi connectivity index (χ0) is 42.7. The number of fused-ring (bicyclic) bond motifs is 7. The average molecular weight is 913 g/mol. The van der Waals surface area contributed by atoms with Crippen LogP contribution in [0.15, 0.2) is 122 Å². The number of hydrogen-bond donors (Lipinski definition) is 2. The van der Waals surface area contributed by atoms with Crippen LogP contribution in [0.3, 0.4) is 0 Å². The molecule has 5 aromatic carbocycles. The Morgan fingerprint density at radius 1 is 0.762 bits per heavy atom. The second-order valence-electron chi connectivity index (χ2n) is 17.5. The number of nitrogens with zero attached hydrogens (tertiary/aromatic N) is 1. The predicted molar refractivity (Wildman–Crippen MR) is 280 cm³/mol. The van der Waals surface area contributed by atoms with Crippen molar-refractivity contribution in [3.63, 3.8) is 0 Å². The van der Waals surface area contributed by atoms with E-state index in [1.165, 1.54) is 86.7 Å². The maximum atomic E-state index is 9.62. The van der Waals surface area contributed by atoms with Crippen molar-refractivity contribution in [1.29, 1.82) is 5.41 Å². The summed E-state index contributed by atoms with van der Waals surface area (Å²) in [6, 6.07) is 35.4. The zero-order valence-corrected chi connectivity index (χ0v) is 44.2. The molecule has 7 aromatic rings. The molecule has 1 N–H and O–H groups in total. The van der Waals surface area contributed by atoms with Gasteiger partial charge < -0.3 is 11.8 Å². The summed E-state index contributed by atoms with van der Waals surface area (Å²) in [5.74, 6) is 0.889. The molecule has 3 nitrogen and oxygen atoms in total. The van der Waals surface area contributed by atoms with E-state index in [9.17, 15) is 5.41 Å². The second-order valence-corrected chi connectivity index (χ2v) is 19.5. The molecule has 0 saturated carbocycles. The van der Waals surface area contributed by atoms with Gasteiger partial charge in [-0.1, -0.05) is 158 Å². The minimum atomic E-state index is -0.0247. The molecule has 0 saturated heterocycles. The van der Waals surface area contributed by atoms with Crippen LogP contribution in [0.25, 0.3) is 71.5 Å². The van der Waals surface area contributed by atoms with E-state index in [-0.39, 0.29) is 64.2 Å². The number of rotatable bonds is 15. The Bertz CT molecular complexity index is 2820. The van der Waals surface area contributed by atoms with Crippen LogP contribution in [0.2, 0.25) is 0 Å². The molecule has 0 aliphatic heterocycles. The Kier molecular flexibility index (Phi) is 17.3. The molecule has 0 bridgehead atoms. The molecule has 1 aliphatic rings. The zero-order valence-electron chi connectivity index (χ0n) is 38.6. The van der Waals surface area contributed by atoms with Crippen LogP contribution in [0.1, 0.15) is 114 Å². The van der Waals surface area contributed by atoms with Gasteiger partial charge in [0.1, 0.15) is 17.1 Å². The predicted octanol–water partition coefficient (Wildman–Crippen LogP) is 14.9. The number of thiol groups is 1. The van der Waals surface area contributed by atoms with E-state index in [1.54, 1.807) is 11.8 Å². The van der Waals surface area contributed by atoms with Gasteiger partial charge in [0.05, 0.1) is 5.71 Å². The fraction of sp³-hybridized carbons (Fsp3) is 0.304. The molecule has 0 atom stereocenters. The van der Waals surface area contributed by atoms with Crippen LogP contribution >= 0.6 is 35.9 Å². The number of thiophene rings is 1. The number of unbranched alkanes of at least 4 members (excludes halogenated alkanes) is 6. The van der Waals surface area contributed by atoms with Crippen molar-refractivity contribution in [3.05, 3.63) is 143 Å². The summed E-state index contributed by atoms with van der Waals surface area (Å²) in [4.78, 5) is 2.43. The summed E-state index contributed by atoms with van der Waals surface area (Å²) >= 11 is 8.16. The number of allylic oxidation sites excluding steroid dienone is 2. The standard InChI is InChI=1S/C55H58N2OS3.CH3.K/c1-7-9-11-15-25-38(34-60-6)43-33-46-48(51(57-59)50(43)56)42(26-20-12-10-8-2)54(61-46)37-27-29-40-41-30-28-39(55(3,4)5)32-45(41)53-49(44(40)31-37)47(35-21-16-13-17-22-35)52(58-53)36-23-18-14-19-24-36;;/h13-14,16-19,21-24,27-34,56,59H,7-12,15,20,25-26H2,1-6H3;1H3;/q;-1;+1/b38-34-,56-50?,57-51-;;. The first-order valence-electron chi connectivity index (χ1n) is 22.2. The van der Waals surface area contributed by atoms with Crippen LogP contribution in [0.4, 0.5) is 0 Å². The van der Waals surface area contributed by atoms with Crippen LogP contribution in [0, 0.1) is 12.8 Å². The van der Waals surface area contributed by atoms with Crippen molar-refractivity contribution < 1.29 is 55.8 Å². The number of benzene rings is 5. The van der Waals surface area contributed by atoms with Gasteiger partial charge in [-0.05, 0) is 118 Å². The van der Waals surface area contributed by atoms with Crippen molar-refractivity contribution in [1.82, 2.24) is 0 Å². The third kappa shape index (κ3) is 10.1. The van der Waals surface area contributed by atoms with Crippen LogP contribution in [-0.4, -0.2) is 17.7 Å². The SMILES string of the molecule is CCCCCC/C(=C/SC)C1=Cc2sc(-c3ccc4c5ccc(C(C)(C)C)cc5c5oc(-c6ccccc6)c(-c6ccccc6)c5c4c3)c(CCCCCC)c2/C(=N/S)C1=N.[CH3-].[K+]. The Morgan fingerprint density at radius 3 is 2.06 bits per heavy atom. The number of hydrogen-bond acceptors (Lipinski definition) is 6. The summed E-state index contributed by atoms with van der Waals surface area (Å²) in [6.07, 6.45) is 15.7. The summed E-state index contributed by atoms with van der Waals surface area (Å²) in [5, 5.41) is 17.7. The van der Waals surface area contributed by atoms with Crippen LogP contribution < -0.4 is 51.4 Å². The molecular formula is C56H61KN2OS3. The van der Waals surface area contributed by atoms with Crippen LogP contribution in [-0.2, 0) is 11.8 Å². The number of nitrogens with one attached hydrogen (secondary N) is 1. The molecule has 2 aromatic heterocycles. The number of thioether (sulfide) groups is 1. The van der Waals surface area contributed by atoms with Gasteiger partial charge in [-0.3, -0.25) is 5.41 Å². The van der Waals surface area contributed by atoms with E-state index in [4.69, 9.17) is 4.42 Å². The van der Waals surface area contributed by atoms with Crippen molar-refractivity contribution in [3.8, 4) is 32.9 Å². The summed E-state index contributed by atoms with van der Waals surface area (Å²) in [6.45, 7) is 11.4. The van der Waals surface area contributed by atoms with Gasteiger partial charge in [0.15, 0.2) is 0 Å². The molecule has 1 aliphatic carbocycles. The van der Waals surface area contributed by atoms with Gasteiger partial charge in [-0.25, -0.2) is 4.40 Å². The monoisotopic (exact) mass is 912 g/mol. The smallest absolute Gasteiger partial charge is 0.455 e. The minimum absolute atomic E-state index is 0. The normalized spacial score (nSPS) is 13.7. The molecule has 8 rings (SSSR count). The first-order valence-corrected chi connectivity index (χ1v) is 24.7. The number of furan rings is 1. The van der Waals surface area contributed by atoms with E-state index in [0.29, 0.717) is 11.4 Å². The van der Waals surface area contributed by atoms with E-state index in [0.717, 1.165) is 75.6 Å². The van der Waals surface area contributed by atoms with E-state index >= 15 is 0 Å². The van der Waals surface area contributed by atoms with Gasteiger partial charge in [0.2, 0.25) is 0 Å². The van der Waals surface area contributed by atoms with Gasteiger partial charge in [-0.15, -0.1) is 23.1 Å². The topological polar surface area (TPSA) is 49.4 Å². The largest absolute Gasteiger partial charge is 1.00 e. The Balaban J connectivity index is 0.00000330. The molecule has 320 valence electrons. The molecule has 63 heavy (non-hydrogen) atoms. The Hall–Kier alpha value is -2.98. The summed E-state index contributed by atoms with van der Waals surface area (Å²) in [5.41, 5.74) is 12.4. The maximum Gasteiger partial charge on any atom is 1.00 e. The molecule has 2 heterocycles. The summed E-state index contributed by atoms with van der Waals surface area (Å²) < 4.78 is 11.8. The van der Waals surface area contributed by atoms with Crippen molar-refractivity contribution >= 4 is 85.9 Å². The van der Waals surface area contributed by atoms with E-state index < -0.39 is 0 Å². The van der Waals surface area contributed by atoms with Crippen LogP contribution in [0.5, 0.6) is 0 Å². The van der Waals surface area contributed by atoms with E-state index in [1.807, 2.05) is 11.3 Å². The van der Waals surface area contributed by atoms with Crippen molar-refractivity contribution in [2.24, 2.45) is 4.40 Å². The Labute approximate surface area is 432 Å².